The van der Waals surface area contributed by atoms with E-state index in [0.717, 1.165) is 29.4 Å². The van der Waals surface area contributed by atoms with Crippen molar-refractivity contribution < 1.29 is 13.9 Å². The molecule has 1 fully saturated rings. The predicted octanol–water partition coefficient (Wildman–Crippen LogP) is 3.30. The normalized spacial score (nSPS) is 13.7. The summed E-state index contributed by atoms with van der Waals surface area (Å²) >= 11 is 0. The molecule has 6 nitrogen and oxygen atoms in total. The molecule has 0 saturated heterocycles. The van der Waals surface area contributed by atoms with Gasteiger partial charge in [-0.3, -0.25) is 4.68 Å². The first-order chi connectivity index (χ1) is 13.0. The van der Waals surface area contributed by atoms with Crippen molar-refractivity contribution in [2.45, 2.75) is 32.7 Å². The molecule has 0 spiro atoms. The fourth-order valence-corrected chi connectivity index (χ4v) is 3.23. The number of methoxy groups -OCH3 is 1. The molecule has 0 unspecified atom stereocenters. The molecule has 0 N–H and O–H groups in total. The minimum Gasteiger partial charge on any atom is -0.465 e. The standard InChI is InChI=1S/C20H21FN4O2/c1-13-7-17(8-15-10-22-24(12-15)11-14-3-4-14)25(23-13)19-6-5-16(21)9-18(19)20(26)27-2/h5-7,9-10,12,14H,3-4,8,11H2,1-2H3. The first kappa shape index (κ1) is 17.5. The topological polar surface area (TPSA) is 61.9 Å². The minimum absolute atomic E-state index is 0.145. The Morgan fingerprint density at radius 1 is 1.33 bits per heavy atom. The summed E-state index contributed by atoms with van der Waals surface area (Å²) in [4.78, 5) is 12.1. The monoisotopic (exact) mass is 368 g/mol. The lowest BCUT2D eigenvalue weighted by Crippen LogP contribution is -2.11. The van der Waals surface area contributed by atoms with Gasteiger partial charge in [-0.15, -0.1) is 0 Å². The Hall–Kier alpha value is -2.96. The summed E-state index contributed by atoms with van der Waals surface area (Å²) in [6.07, 6.45) is 7.09. The third kappa shape index (κ3) is 3.77. The largest absolute Gasteiger partial charge is 0.465 e. The second-order valence-corrected chi connectivity index (χ2v) is 7.03. The van der Waals surface area contributed by atoms with Crippen LogP contribution in [0.2, 0.25) is 0 Å². The molecule has 0 aliphatic heterocycles. The predicted molar refractivity (Wildman–Crippen MR) is 97.4 cm³/mol. The van der Waals surface area contributed by atoms with Crippen LogP contribution in [0.1, 0.15) is 40.2 Å². The van der Waals surface area contributed by atoms with Crippen LogP contribution >= 0.6 is 0 Å². The second kappa shape index (κ2) is 6.98. The number of carbonyl (C=O) groups is 1. The number of ether oxygens (including phenoxy) is 1. The summed E-state index contributed by atoms with van der Waals surface area (Å²) in [6.45, 7) is 2.85. The molecule has 3 aromatic rings. The smallest absolute Gasteiger partial charge is 0.340 e. The minimum atomic E-state index is -0.596. The van der Waals surface area contributed by atoms with Crippen LogP contribution in [-0.4, -0.2) is 32.6 Å². The lowest BCUT2D eigenvalue weighted by Gasteiger charge is -2.11. The van der Waals surface area contributed by atoms with Crippen LogP contribution in [-0.2, 0) is 17.7 Å². The molecular weight excluding hydrogens is 347 g/mol. The molecule has 2 aromatic heterocycles. The molecule has 1 saturated carbocycles. The van der Waals surface area contributed by atoms with Crippen molar-refractivity contribution in [3.05, 3.63) is 65.0 Å². The van der Waals surface area contributed by atoms with Crippen molar-refractivity contribution in [1.82, 2.24) is 19.6 Å². The lowest BCUT2D eigenvalue weighted by molar-refractivity contribution is 0.0600. The third-order valence-corrected chi connectivity index (χ3v) is 4.71. The van der Waals surface area contributed by atoms with E-state index in [-0.39, 0.29) is 5.56 Å². The highest BCUT2D eigenvalue weighted by Gasteiger charge is 2.22. The number of rotatable bonds is 6. The van der Waals surface area contributed by atoms with E-state index in [1.165, 1.54) is 32.1 Å². The first-order valence-corrected chi connectivity index (χ1v) is 8.98. The van der Waals surface area contributed by atoms with Gasteiger partial charge in [-0.25, -0.2) is 13.9 Å². The van der Waals surface area contributed by atoms with Crippen molar-refractivity contribution in [2.24, 2.45) is 5.92 Å². The summed E-state index contributed by atoms with van der Waals surface area (Å²) in [6, 6.07) is 6.00. The lowest BCUT2D eigenvalue weighted by atomic mass is 10.1. The Morgan fingerprint density at radius 2 is 2.15 bits per heavy atom. The Kier molecular flexibility index (Phi) is 4.51. The third-order valence-electron chi connectivity index (χ3n) is 4.71. The molecule has 1 aliphatic carbocycles. The fraction of sp³-hybridized carbons (Fsp3) is 0.350. The van der Waals surface area contributed by atoms with Crippen molar-refractivity contribution in [3.8, 4) is 5.69 Å². The average Bonchev–Trinajstić information content (AvgIpc) is 3.24. The van der Waals surface area contributed by atoms with E-state index in [9.17, 15) is 9.18 Å². The van der Waals surface area contributed by atoms with Crippen LogP contribution in [0.25, 0.3) is 5.69 Å². The summed E-state index contributed by atoms with van der Waals surface area (Å²) in [5, 5.41) is 8.94. The Labute approximate surface area is 156 Å². The number of benzene rings is 1. The number of nitrogens with zero attached hydrogens (tertiary/aromatic N) is 4. The summed E-state index contributed by atoms with van der Waals surface area (Å²) < 4.78 is 22.1. The fourth-order valence-electron chi connectivity index (χ4n) is 3.23. The molecule has 4 rings (SSSR count). The zero-order chi connectivity index (χ0) is 19.0. The van der Waals surface area contributed by atoms with Crippen molar-refractivity contribution in [3.63, 3.8) is 0 Å². The Bertz CT molecular complexity index is 988. The van der Waals surface area contributed by atoms with E-state index in [4.69, 9.17) is 4.74 Å². The van der Waals surface area contributed by atoms with Gasteiger partial charge in [0.15, 0.2) is 0 Å². The molecule has 0 amide bonds. The van der Waals surface area contributed by atoms with Gasteiger partial charge in [0, 0.05) is 24.9 Å². The molecule has 1 aliphatic rings. The molecule has 1 aromatic carbocycles. The van der Waals surface area contributed by atoms with Crippen molar-refractivity contribution in [2.75, 3.05) is 7.11 Å². The van der Waals surface area contributed by atoms with Crippen LogP contribution < -0.4 is 0 Å². The van der Waals surface area contributed by atoms with Gasteiger partial charge < -0.3 is 4.74 Å². The molecule has 0 bridgehead atoms. The number of hydrogen-bond donors (Lipinski definition) is 0. The zero-order valence-electron chi connectivity index (χ0n) is 15.4. The second-order valence-electron chi connectivity index (χ2n) is 7.03. The van der Waals surface area contributed by atoms with E-state index in [0.29, 0.717) is 12.1 Å². The van der Waals surface area contributed by atoms with Crippen LogP contribution in [0.3, 0.4) is 0 Å². The maximum Gasteiger partial charge on any atom is 0.340 e. The molecule has 7 heteroatoms. The summed E-state index contributed by atoms with van der Waals surface area (Å²) in [5.41, 5.74) is 3.42. The van der Waals surface area contributed by atoms with Gasteiger partial charge in [0.25, 0.3) is 0 Å². The van der Waals surface area contributed by atoms with Gasteiger partial charge in [-0.05, 0) is 55.5 Å². The van der Waals surface area contributed by atoms with Gasteiger partial charge in [0.05, 0.1) is 30.3 Å². The molecule has 27 heavy (non-hydrogen) atoms. The van der Waals surface area contributed by atoms with Crippen molar-refractivity contribution in [1.29, 1.82) is 0 Å². The highest BCUT2D eigenvalue weighted by Crippen LogP contribution is 2.30. The van der Waals surface area contributed by atoms with Crippen LogP contribution in [0.5, 0.6) is 0 Å². The van der Waals surface area contributed by atoms with E-state index in [1.54, 1.807) is 10.7 Å². The van der Waals surface area contributed by atoms with Crippen LogP contribution in [0, 0.1) is 18.7 Å². The maximum atomic E-state index is 13.7. The van der Waals surface area contributed by atoms with Gasteiger partial charge in [0.2, 0.25) is 0 Å². The van der Waals surface area contributed by atoms with Crippen LogP contribution in [0.4, 0.5) is 4.39 Å². The zero-order valence-corrected chi connectivity index (χ0v) is 15.4. The molecule has 140 valence electrons. The summed E-state index contributed by atoms with van der Waals surface area (Å²) in [7, 11) is 1.28. The number of aromatic nitrogens is 4. The SMILES string of the molecule is COC(=O)c1cc(F)ccc1-n1nc(C)cc1Cc1cnn(CC2CC2)c1. The van der Waals surface area contributed by atoms with Gasteiger partial charge >= 0.3 is 5.97 Å². The van der Waals surface area contributed by atoms with E-state index >= 15 is 0 Å². The Morgan fingerprint density at radius 3 is 2.89 bits per heavy atom. The molecule has 0 radical (unpaired) electrons. The van der Waals surface area contributed by atoms with Crippen LogP contribution in [0.15, 0.2) is 36.7 Å². The average molecular weight is 368 g/mol. The number of hydrogen-bond acceptors (Lipinski definition) is 4. The van der Waals surface area contributed by atoms with Gasteiger partial charge in [-0.1, -0.05) is 0 Å². The summed E-state index contributed by atoms with van der Waals surface area (Å²) in [5.74, 6) is -0.334. The van der Waals surface area contributed by atoms with Crippen molar-refractivity contribution >= 4 is 5.97 Å². The number of halogens is 1. The van der Waals surface area contributed by atoms with E-state index < -0.39 is 11.8 Å². The van der Waals surface area contributed by atoms with E-state index in [1.807, 2.05) is 23.9 Å². The number of aryl methyl sites for hydroxylation is 1. The van der Waals surface area contributed by atoms with Gasteiger partial charge in [-0.2, -0.15) is 10.2 Å². The highest BCUT2D eigenvalue weighted by atomic mass is 19.1. The van der Waals surface area contributed by atoms with E-state index in [2.05, 4.69) is 16.4 Å². The molecular formula is C20H21FN4O2. The molecule has 2 heterocycles. The highest BCUT2D eigenvalue weighted by molar-refractivity contribution is 5.93. The maximum absolute atomic E-state index is 13.7. The quantitative estimate of drug-likeness (QED) is 0.627. The Balaban J connectivity index is 1.67. The first-order valence-electron chi connectivity index (χ1n) is 8.98. The molecule has 0 atom stereocenters. The number of esters is 1. The van der Waals surface area contributed by atoms with Gasteiger partial charge in [0.1, 0.15) is 5.82 Å². The number of carbonyl (C=O) groups excluding carboxylic acids is 1.